The number of alkyl halides is 3. The van der Waals surface area contributed by atoms with Gasteiger partial charge in [-0.3, -0.25) is 14.5 Å². The van der Waals surface area contributed by atoms with E-state index >= 15 is 4.39 Å². The van der Waals surface area contributed by atoms with E-state index in [9.17, 15) is 22.8 Å². The molecule has 0 bridgehead atoms. The normalized spacial score (nSPS) is 18.0. The van der Waals surface area contributed by atoms with Crippen molar-refractivity contribution in [1.82, 2.24) is 20.2 Å². The van der Waals surface area contributed by atoms with Gasteiger partial charge in [0.05, 0.1) is 16.9 Å². The van der Waals surface area contributed by atoms with Gasteiger partial charge in [-0.15, -0.1) is 0 Å². The van der Waals surface area contributed by atoms with Gasteiger partial charge in [-0.25, -0.2) is 14.4 Å². The molecule has 1 aliphatic heterocycles. The van der Waals surface area contributed by atoms with Crippen molar-refractivity contribution in [2.45, 2.75) is 52.9 Å². The Morgan fingerprint density at radius 2 is 1.67 bits per heavy atom. The Morgan fingerprint density at radius 3 is 2.12 bits per heavy atom. The maximum absolute atomic E-state index is 15.1. The van der Waals surface area contributed by atoms with E-state index in [1.165, 1.54) is 0 Å². The monoisotopic (exact) mass is 607 g/mol. The third-order valence-electron chi connectivity index (χ3n) is 7.39. The number of rotatable bonds is 10. The number of amides is 1. The number of hydrogen-bond acceptors (Lipinski definition) is 8. The number of anilines is 3. The number of piperazine rings is 1. The van der Waals surface area contributed by atoms with E-state index in [-0.39, 0.29) is 18.5 Å². The van der Waals surface area contributed by atoms with Crippen molar-refractivity contribution in [3.8, 4) is 11.1 Å². The molecule has 236 valence electrons. The molecule has 0 radical (unpaired) electrons. The summed E-state index contributed by atoms with van der Waals surface area (Å²) in [5.74, 6) is 0.419. The molecule has 3 rings (SSSR count). The Morgan fingerprint density at radius 1 is 1.09 bits per heavy atom. The molecular weight excluding hydrogens is 566 g/mol. The number of hydrogen-bond donors (Lipinski definition) is 2. The fraction of sp³-hybridized carbons (Fsp3) is 0.467. The van der Waals surface area contributed by atoms with Gasteiger partial charge in [0.1, 0.15) is 5.82 Å². The quantitative estimate of drug-likeness (QED) is 0.168. The van der Waals surface area contributed by atoms with Crippen LogP contribution in [0.3, 0.4) is 0 Å². The lowest BCUT2D eigenvalue weighted by Crippen LogP contribution is -2.55. The lowest BCUT2D eigenvalue weighted by Gasteiger charge is -2.44. The maximum Gasteiger partial charge on any atom is 0.416 e. The summed E-state index contributed by atoms with van der Waals surface area (Å²) >= 11 is 0. The van der Waals surface area contributed by atoms with Crippen LogP contribution in [0.4, 0.5) is 34.9 Å². The molecule has 1 aromatic heterocycles. The molecule has 1 aromatic carbocycles. The second-order valence-corrected chi connectivity index (χ2v) is 10.0. The molecule has 1 saturated heterocycles. The topological polar surface area (TPSA) is 93.7 Å². The van der Waals surface area contributed by atoms with E-state index < -0.39 is 17.3 Å². The molecule has 43 heavy (non-hydrogen) atoms. The van der Waals surface area contributed by atoms with Gasteiger partial charge in [0.25, 0.3) is 0 Å². The maximum atomic E-state index is 15.1. The van der Waals surface area contributed by atoms with Gasteiger partial charge in [0.15, 0.2) is 6.29 Å². The van der Waals surface area contributed by atoms with E-state index in [0.29, 0.717) is 35.4 Å². The summed E-state index contributed by atoms with van der Waals surface area (Å²) in [6, 6.07) is 4.33. The Balaban J connectivity index is 0.000000391. The van der Waals surface area contributed by atoms with Gasteiger partial charge < -0.3 is 20.4 Å². The summed E-state index contributed by atoms with van der Waals surface area (Å²) in [5, 5.41) is 5.12. The number of halogens is 4. The first-order valence-corrected chi connectivity index (χ1v) is 14.0. The second kappa shape index (κ2) is 16.0. The lowest BCUT2D eigenvalue weighted by molar-refractivity contribution is -0.109. The zero-order valence-electron chi connectivity index (χ0n) is 25.7. The fourth-order valence-electron chi connectivity index (χ4n) is 4.77. The van der Waals surface area contributed by atoms with Crippen LogP contribution >= 0.6 is 0 Å². The van der Waals surface area contributed by atoms with Crippen LogP contribution in [-0.2, 0) is 9.59 Å². The number of aldehydes is 1. The molecule has 0 aliphatic carbocycles. The Hall–Kier alpha value is -4.00. The lowest BCUT2D eigenvalue weighted by atomic mass is 10.0. The van der Waals surface area contributed by atoms with Gasteiger partial charge in [0, 0.05) is 80.6 Å². The summed E-state index contributed by atoms with van der Waals surface area (Å²) in [5.41, 5.74) is 1.31. The number of aromatic nitrogens is 2. The van der Waals surface area contributed by atoms with Gasteiger partial charge in [-0.2, -0.15) is 13.2 Å². The molecule has 0 spiro atoms. The van der Waals surface area contributed by atoms with Crippen LogP contribution in [0.25, 0.3) is 11.1 Å². The Labute approximate surface area is 250 Å². The minimum Gasteiger partial charge on any atom is -0.386 e. The van der Waals surface area contributed by atoms with Crippen molar-refractivity contribution >= 4 is 30.0 Å². The zero-order valence-corrected chi connectivity index (χ0v) is 25.7. The minimum absolute atomic E-state index is 0.0271. The standard InChI is InChI=1S/C22H33FN6.C8H8F3NO2/c1-7-28(8-2)22-25-11-17(12-26-22)18-9-20(24-5)21(10-19(18)23)29-13-15(3)27(6)16(4)14-29;1-2-7(8(9,10)11)6(4-13)3-12-5-14/h9-12,15-16,24H,7-8,13-14H2,1-6H3;2-5H,1H3,(H,12,14)/b;6-3-,7-2+. The first-order valence-electron chi connectivity index (χ1n) is 14.0. The highest BCUT2D eigenvalue weighted by Crippen LogP contribution is 2.35. The smallest absolute Gasteiger partial charge is 0.386 e. The first-order chi connectivity index (χ1) is 20.4. The number of nitrogens with one attached hydrogen (secondary N) is 2. The van der Waals surface area contributed by atoms with E-state index in [0.717, 1.165) is 50.6 Å². The average Bonchev–Trinajstić information content (AvgIpc) is 2.98. The number of likely N-dealkylation sites (N-methyl/N-ethyl adjacent to an activating group) is 1. The average molecular weight is 608 g/mol. The number of carbonyl (C=O) groups excluding carboxylic acids is 2. The number of benzene rings is 1. The summed E-state index contributed by atoms with van der Waals surface area (Å²) in [7, 11) is 4.03. The van der Waals surface area contributed by atoms with Gasteiger partial charge in [0.2, 0.25) is 12.4 Å². The van der Waals surface area contributed by atoms with E-state index in [1.807, 2.05) is 18.4 Å². The predicted octanol–water partition coefficient (Wildman–Crippen LogP) is 5.02. The van der Waals surface area contributed by atoms with Crippen molar-refractivity contribution in [1.29, 1.82) is 0 Å². The highest BCUT2D eigenvalue weighted by molar-refractivity contribution is 5.81. The van der Waals surface area contributed by atoms with Crippen LogP contribution in [0, 0.1) is 5.82 Å². The van der Waals surface area contributed by atoms with Gasteiger partial charge >= 0.3 is 6.18 Å². The molecule has 2 aromatic rings. The molecule has 1 aliphatic rings. The van der Waals surface area contributed by atoms with E-state index in [2.05, 4.69) is 64.7 Å². The van der Waals surface area contributed by atoms with Gasteiger partial charge in [-0.05, 0) is 53.8 Å². The van der Waals surface area contributed by atoms with Crippen molar-refractivity contribution in [2.75, 3.05) is 55.4 Å². The summed E-state index contributed by atoms with van der Waals surface area (Å²) in [4.78, 5) is 35.7. The predicted molar refractivity (Wildman–Crippen MR) is 163 cm³/mol. The Bertz CT molecular complexity index is 1270. The van der Waals surface area contributed by atoms with Crippen LogP contribution in [0.15, 0.2) is 47.9 Å². The van der Waals surface area contributed by atoms with E-state index in [1.54, 1.807) is 18.5 Å². The number of carbonyl (C=O) groups is 2. The molecule has 2 N–H and O–H groups in total. The van der Waals surface area contributed by atoms with Crippen molar-refractivity contribution in [3.63, 3.8) is 0 Å². The molecule has 2 unspecified atom stereocenters. The highest BCUT2D eigenvalue weighted by Gasteiger charge is 2.35. The second-order valence-electron chi connectivity index (χ2n) is 10.0. The van der Waals surface area contributed by atoms with Crippen LogP contribution in [-0.4, -0.2) is 86.1 Å². The largest absolute Gasteiger partial charge is 0.416 e. The van der Waals surface area contributed by atoms with Crippen molar-refractivity contribution in [3.05, 3.63) is 53.8 Å². The van der Waals surface area contributed by atoms with E-state index in [4.69, 9.17) is 0 Å². The molecule has 2 atom stereocenters. The molecular formula is C30H41F4N7O2. The van der Waals surface area contributed by atoms with Gasteiger partial charge in [-0.1, -0.05) is 6.08 Å². The van der Waals surface area contributed by atoms with Crippen LogP contribution < -0.4 is 20.4 Å². The molecule has 1 fully saturated rings. The minimum atomic E-state index is -4.61. The SMILES string of the molecule is C/C=C(\C(C=O)=C/NC=O)C(F)(F)F.CCN(CC)c1ncc(-c2cc(NC)c(N3CC(C)N(C)C(C)C3)cc2F)cn1. The van der Waals surface area contributed by atoms with Crippen LogP contribution in [0.2, 0.25) is 0 Å². The van der Waals surface area contributed by atoms with Crippen molar-refractivity contribution < 1.29 is 27.2 Å². The molecule has 13 heteroatoms. The Kier molecular flexibility index (Phi) is 13.1. The zero-order chi connectivity index (χ0) is 32.3. The molecule has 0 saturated carbocycles. The fourth-order valence-corrected chi connectivity index (χ4v) is 4.77. The molecule has 1 amide bonds. The van der Waals surface area contributed by atoms with Crippen LogP contribution in [0.1, 0.15) is 34.6 Å². The van der Waals surface area contributed by atoms with Crippen molar-refractivity contribution in [2.24, 2.45) is 0 Å². The summed E-state index contributed by atoms with van der Waals surface area (Å²) < 4.78 is 51.7. The number of allylic oxidation sites excluding steroid dienone is 3. The third-order valence-corrected chi connectivity index (χ3v) is 7.39. The highest BCUT2D eigenvalue weighted by atomic mass is 19.4. The molecule has 9 nitrogen and oxygen atoms in total. The third kappa shape index (κ3) is 8.99. The van der Waals surface area contributed by atoms with Crippen LogP contribution in [0.5, 0.6) is 0 Å². The summed E-state index contributed by atoms with van der Waals surface area (Å²) in [6.45, 7) is 13.1. The molecule has 2 heterocycles. The first kappa shape index (κ1) is 35.2. The number of nitrogens with zero attached hydrogens (tertiary/aromatic N) is 5. The summed E-state index contributed by atoms with van der Waals surface area (Å²) in [6.07, 6.45) is 0.463.